The third-order valence-corrected chi connectivity index (χ3v) is 1.64. The smallest absolute Gasteiger partial charge is 0.282 e. The Labute approximate surface area is 70.1 Å². The molecular formula is C7H11NO4. The van der Waals surface area contributed by atoms with Crippen LogP contribution in [0, 0.1) is 0 Å². The summed E-state index contributed by atoms with van der Waals surface area (Å²) in [6, 6.07) is 0. The minimum Gasteiger partial charge on any atom is -0.365 e. The fraction of sp³-hybridized carbons (Fsp3) is 0.571. The average Bonchev–Trinajstić information content (AvgIpc) is 2.48. The van der Waals surface area contributed by atoms with E-state index in [4.69, 9.17) is 19.9 Å². The fourth-order valence-corrected chi connectivity index (χ4v) is 0.940. The second-order valence-electron chi connectivity index (χ2n) is 2.32. The standard InChI is InChI=1S/C7H11NO4/c1-10-5-3-4-7(11-2,12-5)6(8)9/h3-5H,1-2H3,(H2,8,9)/t5-,7-/m1/s1. The molecule has 0 aromatic carbocycles. The largest absolute Gasteiger partial charge is 0.365 e. The van der Waals surface area contributed by atoms with E-state index in [9.17, 15) is 4.79 Å². The van der Waals surface area contributed by atoms with Crippen molar-refractivity contribution in [1.29, 1.82) is 0 Å². The van der Waals surface area contributed by atoms with Gasteiger partial charge in [-0.3, -0.25) is 4.79 Å². The van der Waals surface area contributed by atoms with E-state index >= 15 is 0 Å². The average molecular weight is 173 g/mol. The molecule has 0 radical (unpaired) electrons. The molecule has 5 heteroatoms. The minimum absolute atomic E-state index is 0.572. The number of carbonyl (C=O) groups is 1. The first-order chi connectivity index (χ1) is 5.64. The molecule has 0 aromatic heterocycles. The summed E-state index contributed by atoms with van der Waals surface area (Å²) < 4.78 is 14.7. The molecule has 1 amide bonds. The molecule has 12 heavy (non-hydrogen) atoms. The van der Waals surface area contributed by atoms with E-state index in [1.165, 1.54) is 20.3 Å². The highest BCUT2D eigenvalue weighted by Crippen LogP contribution is 2.23. The maximum absolute atomic E-state index is 10.9. The van der Waals surface area contributed by atoms with Crippen LogP contribution in [0.2, 0.25) is 0 Å². The topological polar surface area (TPSA) is 70.8 Å². The molecule has 5 nitrogen and oxygen atoms in total. The first-order valence-corrected chi connectivity index (χ1v) is 3.39. The van der Waals surface area contributed by atoms with Crippen LogP contribution in [0.25, 0.3) is 0 Å². The second-order valence-corrected chi connectivity index (χ2v) is 2.32. The fourth-order valence-electron chi connectivity index (χ4n) is 0.940. The number of nitrogens with two attached hydrogens (primary N) is 1. The highest BCUT2D eigenvalue weighted by molar-refractivity contribution is 5.84. The Bertz CT molecular complexity index is 215. The van der Waals surface area contributed by atoms with Crippen LogP contribution in [-0.2, 0) is 19.0 Å². The Balaban J connectivity index is 2.74. The number of amides is 1. The van der Waals surface area contributed by atoms with Gasteiger partial charge in [-0.1, -0.05) is 0 Å². The number of ether oxygens (including phenoxy) is 3. The van der Waals surface area contributed by atoms with Gasteiger partial charge in [-0.15, -0.1) is 0 Å². The summed E-state index contributed by atoms with van der Waals surface area (Å²) in [5.41, 5.74) is 5.06. The molecule has 0 saturated carbocycles. The van der Waals surface area contributed by atoms with Crippen LogP contribution in [0.1, 0.15) is 0 Å². The van der Waals surface area contributed by atoms with Crippen LogP contribution in [0.5, 0.6) is 0 Å². The molecule has 0 bridgehead atoms. The van der Waals surface area contributed by atoms with Crippen molar-refractivity contribution in [1.82, 2.24) is 0 Å². The summed E-state index contributed by atoms with van der Waals surface area (Å²) in [5, 5.41) is 0. The number of rotatable bonds is 3. The third kappa shape index (κ3) is 1.34. The van der Waals surface area contributed by atoms with E-state index in [0.717, 1.165) is 0 Å². The third-order valence-electron chi connectivity index (χ3n) is 1.64. The van der Waals surface area contributed by atoms with Crippen molar-refractivity contribution in [2.75, 3.05) is 14.2 Å². The quantitative estimate of drug-likeness (QED) is 0.577. The van der Waals surface area contributed by atoms with Crippen molar-refractivity contribution >= 4 is 5.91 Å². The number of hydrogen-bond donors (Lipinski definition) is 1. The van der Waals surface area contributed by atoms with Gasteiger partial charge in [-0.05, 0) is 12.2 Å². The zero-order valence-electron chi connectivity index (χ0n) is 6.94. The van der Waals surface area contributed by atoms with Crippen molar-refractivity contribution in [3.8, 4) is 0 Å². The SMILES string of the molecule is CO[C@H]1C=C[C@](OC)(C(N)=O)O1. The lowest BCUT2D eigenvalue weighted by molar-refractivity contribution is -0.233. The maximum Gasteiger partial charge on any atom is 0.282 e. The summed E-state index contributed by atoms with van der Waals surface area (Å²) in [5.74, 6) is -2.15. The molecule has 0 aliphatic carbocycles. The Morgan fingerprint density at radius 3 is 2.58 bits per heavy atom. The van der Waals surface area contributed by atoms with Crippen LogP contribution < -0.4 is 5.73 Å². The molecule has 1 heterocycles. The van der Waals surface area contributed by atoms with Gasteiger partial charge < -0.3 is 19.9 Å². The Morgan fingerprint density at radius 2 is 2.33 bits per heavy atom. The van der Waals surface area contributed by atoms with Gasteiger partial charge in [-0.2, -0.15) is 0 Å². The molecule has 1 aliphatic rings. The van der Waals surface area contributed by atoms with E-state index in [-0.39, 0.29) is 0 Å². The van der Waals surface area contributed by atoms with E-state index in [1.807, 2.05) is 0 Å². The first kappa shape index (κ1) is 9.18. The second kappa shape index (κ2) is 3.22. The van der Waals surface area contributed by atoms with Crippen LogP contribution >= 0.6 is 0 Å². The summed E-state index contributed by atoms with van der Waals surface area (Å²) in [4.78, 5) is 10.9. The number of hydrogen-bond acceptors (Lipinski definition) is 4. The normalized spacial score (nSPS) is 34.0. The number of primary amides is 1. The minimum atomic E-state index is -1.46. The number of carbonyl (C=O) groups excluding carboxylic acids is 1. The lowest BCUT2D eigenvalue weighted by atomic mass is 10.2. The molecule has 1 rings (SSSR count). The van der Waals surface area contributed by atoms with Crippen LogP contribution in [0.15, 0.2) is 12.2 Å². The lowest BCUT2D eigenvalue weighted by Gasteiger charge is -2.22. The first-order valence-electron chi connectivity index (χ1n) is 3.39. The molecule has 0 unspecified atom stereocenters. The highest BCUT2D eigenvalue weighted by atomic mass is 16.8. The van der Waals surface area contributed by atoms with Crippen molar-refractivity contribution in [2.24, 2.45) is 5.73 Å². The van der Waals surface area contributed by atoms with Gasteiger partial charge in [0.2, 0.25) is 0 Å². The molecule has 2 N–H and O–H groups in total. The van der Waals surface area contributed by atoms with Crippen LogP contribution in [0.4, 0.5) is 0 Å². The van der Waals surface area contributed by atoms with E-state index in [0.29, 0.717) is 0 Å². The molecule has 2 atom stereocenters. The zero-order valence-corrected chi connectivity index (χ0v) is 6.94. The molecular weight excluding hydrogens is 162 g/mol. The van der Waals surface area contributed by atoms with Crippen LogP contribution in [-0.4, -0.2) is 32.2 Å². The van der Waals surface area contributed by atoms with E-state index < -0.39 is 18.0 Å². The van der Waals surface area contributed by atoms with Gasteiger partial charge in [0.25, 0.3) is 11.7 Å². The van der Waals surface area contributed by atoms with Crippen molar-refractivity contribution in [2.45, 2.75) is 12.1 Å². The molecule has 68 valence electrons. The van der Waals surface area contributed by atoms with Gasteiger partial charge in [0.15, 0.2) is 6.29 Å². The molecule has 1 aliphatic heterocycles. The lowest BCUT2D eigenvalue weighted by Crippen LogP contribution is -2.45. The number of methoxy groups -OCH3 is 2. The summed E-state index contributed by atoms with van der Waals surface area (Å²) in [6.07, 6.45) is 2.43. The predicted molar refractivity (Wildman–Crippen MR) is 40.0 cm³/mol. The highest BCUT2D eigenvalue weighted by Gasteiger charge is 2.41. The predicted octanol–water partition coefficient (Wildman–Crippen LogP) is -0.627. The van der Waals surface area contributed by atoms with Gasteiger partial charge in [-0.25, -0.2) is 0 Å². The maximum atomic E-state index is 10.9. The Hall–Kier alpha value is -0.910. The Kier molecular flexibility index (Phi) is 2.46. The summed E-state index contributed by atoms with van der Waals surface area (Å²) in [6.45, 7) is 0. The van der Waals surface area contributed by atoms with Gasteiger partial charge in [0, 0.05) is 14.2 Å². The van der Waals surface area contributed by atoms with Crippen LogP contribution in [0.3, 0.4) is 0 Å². The van der Waals surface area contributed by atoms with Gasteiger partial charge in [0.1, 0.15) is 0 Å². The molecule has 0 spiro atoms. The van der Waals surface area contributed by atoms with Crippen molar-refractivity contribution in [3.05, 3.63) is 12.2 Å². The van der Waals surface area contributed by atoms with E-state index in [2.05, 4.69) is 0 Å². The van der Waals surface area contributed by atoms with Crippen molar-refractivity contribution in [3.63, 3.8) is 0 Å². The molecule has 0 fully saturated rings. The monoisotopic (exact) mass is 173 g/mol. The molecule has 0 aromatic rings. The Morgan fingerprint density at radius 1 is 1.67 bits per heavy atom. The van der Waals surface area contributed by atoms with Gasteiger partial charge in [0.05, 0.1) is 0 Å². The zero-order chi connectivity index (χ0) is 9.19. The summed E-state index contributed by atoms with van der Waals surface area (Å²) >= 11 is 0. The van der Waals surface area contributed by atoms with Gasteiger partial charge >= 0.3 is 0 Å². The van der Waals surface area contributed by atoms with E-state index in [1.54, 1.807) is 6.08 Å². The molecule has 0 saturated heterocycles. The van der Waals surface area contributed by atoms with Crippen molar-refractivity contribution < 1.29 is 19.0 Å². The summed E-state index contributed by atoms with van der Waals surface area (Å²) in [7, 11) is 2.80.